The summed E-state index contributed by atoms with van der Waals surface area (Å²) in [5, 5.41) is 9.23. The number of carbonyl (C=O) groups excluding carboxylic acids is 1. The van der Waals surface area contributed by atoms with Crippen LogP contribution in [0.3, 0.4) is 0 Å². The summed E-state index contributed by atoms with van der Waals surface area (Å²) in [4.78, 5) is 15.7. The van der Waals surface area contributed by atoms with Gasteiger partial charge in [-0.2, -0.15) is 0 Å². The van der Waals surface area contributed by atoms with Crippen molar-refractivity contribution in [3.05, 3.63) is 22.8 Å². The maximum Gasteiger partial charge on any atom is 0.340 e. The van der Waals surface area contributed by atoms with E-state index in [1.54, 1.807) is 0 Å². The summed E-state index contributed by atoms with van der Waals surface area (Å²) in [6.45, 7) is 1.86. The van der Waals surface area contributed by atoms with E-state index in [2.05, 4.69) is 15.2 Å². The first-order chi connectivity index (χ1) is 8.60. The number of aryl methyl sites for hydroxylation is 1. The molecule has 2 N–H and O–H groups in total. The van der Waals surface area contributed by atoms with Crippen LogP contribution in [0.25, 0.3) is 0 Å². The van der Waals surface area contributed by atoms with Crippen LogP contribution in [0.5, 0.6) is 0 Å². The van der Waals surface area contributed by atoms with Gasteiger partial charge in [0.15, 0.2) is 4.34 Å². The molecule has 0 aliphatic carbocycles. The number of carbonyl (C=O) groups is 1. The van der Waals surface area contributed by atoms with E-state index < -0.39 is 5.97 Å². The fourth-order valence-corrected chi connectivity index (χ4v) is 2.99. The van der Waals surface area contributed by atoms with E-state index in [1.807, 2.05) is 6.92 Å². The van der Waals surface area contributed by atoms with E-state index in [9.17, 15) is 4.79 Å². The lowest BCUT2D eigenvalue weighted by molar-refractivity contribution is 0.0596. The van der Waals surface area contributed by atoms with E-state index in [4.69, 9.17) is 10.5 Å². The molecule has 0 aromatic carbocycles. The van der Waals surface area contributed by atoms with Crippen LogP contribution in [-0.2, 0) is 4.74 Å². The van der Waals surface area contributed by atoms with Crippen molar-refractivity contribution < 1.29 is 9.53 Å². The van der Waals surface area contributed by atoms with Crippen LogP contribution < -0.4 is 5.73 Å². The van der Waals surface area contributed by atoms with E-state index in [-0.39, 0.29) is 0 Å². The summed E-state index contributed by atoms with van der Waals surface area (Å²) in [6, 6.07) is 1.54. The zero-order valence-corrected chi connectivity index (χ0v) is 11.3. The quantitative estimate of drug-likeness (QED) is 0.857. The Kier molecular flexibility index (Phi) is 3.78. The van der Waals surface area contributed by atoms with Crippen molar-refractivity contribution >= 4 is 34.8 Å². The van der Waals surface area contributed by atoms with Gasteiger partial charge in [-0.1, -0.05) is 11.3 Å². The van der Waals surface area contributed by atoms with Gasteiger partial charge < -0.3 is 10.5 Å². The predicted octanol–water partition coefficient (Wildman–Crippen LogP) is 1.76. The SMILES string of the molecule is COC(=O)c1cc(N)cnc1Sc1nnc(C)s1. The molecule has 94 valence electrons. The fraction of sp³-hybridized carbons (Fsp3) is 0.200. The number of pyridine rings is 1. The van der Waals surface area contributed by atoms with Gasteiger partial charge in [0.2, 0.25) is 0 Å². The molecule has 0 aliphatic rings. The van der Waals surface area contributed by atoms with Crippen LogP contribution in [0.4, 0.5) is 5.69 Å². The molecule has 0 atom stereocenters. The van der Waals surface area contributed by atoms with Crippen LogP contribution in [0.1, 0.15) is 15.4 Å². The number of aromatic nitrogens is 3. The van der Waals surface area contributed by atoms with Crippen LogP contribution in [0.15, 0.2) is 21.6 Å². The Labute approximate surface area is 112 Å². The molecule has 0 saturated carbocycles. The number of anilines is 1. The Morgan fingerprint density at radius 1 is 1.50 bits per heavy atom. The lowest BCUT2D eigenvalue weighted by atomic mass is 10.3. The summed E-state index contributed by atoms with van der Waals surface area (Å²) < 4.78 is 5.41. The van der Waals surface area contributed by atoms with Gasteiger partial charge in [-0.25, -0.2) is 9.78 Å². The van der Waals surface area contributed by atoms with Crippen molar-refractivity contribution in [2.75, 3.05) is 12.8 Å². The molecule has 2 heterocycles. The summed E-state index contributed by atoms with van der Waals surface area (Å²) in [5.74, 6) is -0.474. The number of hydrogen-bond acceptors (Lipinski definition) is 8. The lowest BCUT2D eigenvalue weighted by Crippen LogP contribution is -2.05. The van der Waals surface area contributed by atoms with Crippen molar-refractivity contribution in [3.8, 4) is 0 Å². The summed E-state index contributed by atoms with van der Waals surface area (Å²) >= 11 is 2.70. The number of hydrogen-bond donors (Lipinski definition) is 1. The number of nitrogens with zero attached hydrogens (tertiary/aromatic N) is 3. The molecule has 0 spiro atoms. The van der Waals surface area contributed by atoms with Crippen molar-refractivity contribution in [1.29, 1.82) is 0 Å². The minimum atomic E-state index is -0.474. The normalized spacial score (nSPS) is 10.3. The molecule has 0 unspecified atom stereocenters. The van der Waals surface area contributed by atoms with E-state index in [1.165, 1.54) is 42.5 Å². The highest BCUT2D eigenvalue weighted by molar-refractivity contribution is 8.01. The molecule has 2 aromatic heterocycles. The molecule has 0 radical (unpaired) electrons. The van der Waals surface area contributed by atoms with Gasteiger partial charge in [-0.15, -0.1) is 10.2 Å². The fourth-order valence-electron chi connectivity index (χ4n) is 1.21. The molecular formula is C10H10N4O2S2. The van der Waals surface area contributed by atoms with Crippen molar-refractivity contribution in [2.45, 2.75) is 16.3 Å². The molecular weight excluding hydrogens is 272 g/mol. The van der Waals surface area contributed by atoms with E-state index in [0.29, 0.717) is 16.3 Å². The van der Waals surface area contributed by atoms with Gasteiger partial charge in [-0.05, 0) is 24.8 Å². The standard InChI is InChI=1S/C10H10N4O2S2/c1-5-13-14-10(17-5)18-8-7(9(15)16-2)3-6(11)4-12-8/h3-4H,11H2,1-2H3. The van der Waals surface area contributed by atoms with Gasteiger partial charge in [0.05, 0.1) is 24.6 Å². The number of nitrogens with two attached hydrogens (primary N) is 1. The van der Waals surface area contributed by atoms with Gasteiger partial charge >= 0.3 is 5.97 Å². The molecule has 8 heteroatoms. The van der Waals surface area contributed by atoms with Crippen molar-refractivity contribution in [2.24, 2.45) is 0 Å². The Morgan fingerprint density at radius 3 is 2.89 bits per heavy atom. The number of rotatable bonds is 3. The average molecular weight is 282 g/mol. The van der Waals surface area contributed by atoms with Crippen molar-refractivity contribution in [3.63, 3.8) is 0 Å². The topological polar surface area (TPSA) is 91.0 Å². The van der Waals surface area contributed by atoms with Gasteiger partial charge in [-0.3, -0.25) is 0 Å². The highest BCUT2D eigenvalue weighted by Crippen LogP contribution is 2.31. The highest BCUT2D eigenvalue weighted by Gasteiger charge is 2.16. The second-order valence-electron chi connectivity index (χ2n) is 3.30. The third-order valence-electron chi connectivity index (χ3n) is 1.97. The third-order valence-corrected chi connectivity index (χ3v) is 3.88. The average Bonchev–Trinajstić information content (AvgIpc) is 2.76. The number of ether oxygens (including phenoxy) is 1. The molecule has 2 aromatic rings. The summed E-state index contributed by atoms with van der Waals surface area (Å²) in [6.07, 6.45) is 1.49. The highest BCUT2D eigenvalue weighted by atomic mass is 32.2. The number of methoxy groups -OCH3 is 1. The molecule has 0 aliphatic heterocycles. The van der Waals surface area contributed by atoms with Crippen LogP contribution in [0, 0.1) is 6.92 Å². The Balaban J connectivity index is 2.35. The van der Waals surface area contributed by atoms with Gasteiger partial charge in [0, 0.05) is 0 Å². The maximum atomic E-state index is 11.6. The third kappa shape index (κ3) is 2.77. The molecule has 18 heavy (non-hydrogen) atoms. The second-order valence-corrected chi connectivity index (χ2v) is 5.72. The smallest absolute Gasteiger partial charge is 0.340 e. The molecule has 0 saturated heterocycles. The van der Waals surface area contributed by atoms with Crippen molar-refractivity contribution in [1.82, 2.24) is 15.2 Å². The Morgan fingerprint density at radius 2 is 2.28 bits per heavy atom. The molecule has 6 nitrogen and oxygen atoms in total. The zero-order chi connectivity index (χ0) is 13.1. The molecule has 0 amide bonds. The first-order valence-electron chi connectivity index (χ1n) is 4.92. The summed E-state index contributed by atoms with van der Waals surface area (Å²) in [7, 11) is 1.31. The Bertz CT molecular complexity index is 585. The van der Waals surface area contributed by atoms with Gasteiger partial charge in [0.25, 0.3) is 0 Å². The first-order valence-corrected chi connectivity index (χ1v) is 6.55. The number of esters is 1. The first kappa shape index (κ1) is 12.8. The number of nitrogen functional groups attached to an aromatic ring is 1. The van der Waals surface area contributed by atoms with E-state index in [0.717, 1.165) is 9.35 Å². The minimum Gasteiger partial charge on any atom is -0.465 e. The molecule has 0 fully saturated rings. The van der Waals surface area contributed by atoms with Crippen LogP contribution >= 0.6 is 23.1 Å². The largest absolute Gasteiger partial charge is 0.465 e. The molecule has 2 rings (SSSR count). The minimum absolute atomic E-state index is 0.329. The van der Waals surface area contributed by atoms with Crippen LogP contribution in [-0.4, -0.2) is 28.3 Å². The lowest BCUT2D eigenvalue weighted by Gasteiger charge is -2.05. The monoisotopic (exact) mass is 282 g/mol. The second kappa shape index (κ2) is 5.32. The summed E-state index contributed by atoms with van der Waals surface area (Å²) in [5.41, 5.74) is 6.35. The van der Waals surface area contributed by atoms with Crippen LogP contribution in [0.2, 0.25) is 0 Å². The van der Waals surface area contributed by atoms with Gasteiger partial charge in [0.1, 0.15) is 10.0 Å². The predicted molar refractivity (Wildman–Crippen MR) is 68.8 cm³/mol. The maximum absolute atomic E-state index is 11.6. The molecule has 0 bridgehead atoms. The Hall–Kier alpha value is -1.67. The van der Waals surface area contributed by atoms with E-state index >= 15 is 0 Å². The zero-order valence-electron chi connectivity index (χ0n) is 9.71.